The average Bonchev–Trinajstić information content (AvgIpc) is 3.03. The Hall–Kier alpha value is -3.26. The smallest absolute Gasteiger partial charge is 0.269 e. The first kappa shape index (κ1) is 19.1. The van der Waals surface area contributed by atoms with Gasteiger partial charge in [0.15, 0.2) is 6.10 Å². The van der Waals surface area contributed by atoms with Crippen molar-refractivity contribution in [2.75, 3.05) is 4.90 Å². The number of ether oxygens (including phenoxy) is 1. The first-order valence-corrected chi connectivity index (χ1v) is 9.95. The SMILES string of the molecule is Cc1nc(-c2ccc3c(c2)N(Cc2ccc([N+](=O)[O-])cc2)C(=O)C(C)O3)c(C)s1. The summed E-state index contributed by atoms with van der Waals surface area (Å²) in [5.41, 5.74) is 3.32. The molecule has 2 aromatic carbocycles. The van der Waals surface area contributed by atoms with Crippen molar-refractivity contribution in [3.63, 3.8) is 0 Å². The zero-order valence-corrected chi connectivity index (χ0v) is 17.0. The van der Waals surface area contributed by atoms with Gasteiger partial charge in [0.2, 0.25) is 0 Å². The molecule has 0 saturated carbocycles. The maximum atomic E-state index is 12.9. The van der Waals surface area contributed by atoms with E-state index in [2.05, 4.69) is 4.98 Å². The normalized spacial score (nSPS) is 15.8. The van der Waals surface area contributed by atoms with Gasteiger partial charge in [-0.1, -0.05) is 12.1 Å². The number of carbonyl (C=O) groups excluding carboxylic acids is 1. The number of rotatable bonds is 4. The van der Waals surface area contributed by atoms with E-state index in [-0.39, 0.29) is 11.6 Å². The van der Waals surface area contributed by atoms with Crippen molar-refractivity contribution in [2.45, 2.75) is 33.4 Å². The van der Waals surface area contributed by atoms with Crippen LogP contribution in [0.3, 0.4) is 0 Å². The van der Waals surface area contributed by atoms with E-state index in [0.29, 0.717) is 18.0 Å². The van der Waals surface area contributed by atoms with Gasteiger partial charge in [-0.05, 0) is 44.5 Å². The number of nitrogens with zero attached hydrogens (tertiary/aromatic N) is 3. The summed E-state index contributed by atoms with van der Waals surface area (Å²) in [6.07, 6.45) is -0.602. The minimum Gasteiger partial charge on any atom is -0.479 e. The summed E-state index contributed by atoms with van der Waals surface area (Å²) in [5, 5.41) is 11.9. The van der Waals surface area contributed by atoms with Crippen LogP contribution in [0.5, 0.6) is 5.75 Å². The predicted octanol–water partition coefficient (Wildman–Crippen LogP) is 4.65. The van der Waals surface area contributed by atoms with Crippen molar-refractivity contribution >= 4 is 28.6 Å². The number of amides is 1. The molecule has 7 nitrogen and oxygen atoms in total. The first-order valence-electron chi connectivity index (χ1n) is 9.13. The summed E-state index contributed by atoms with van der Waals surface area (Å²) in [6, 6.07) is 12.0. The lowest BCUT2D eigenvalue weighted by atomic mass is 10.1. The molecule has 29 heavy (non-hydrogen) atoms. The number of anilines is 1. The Kier molecular flexibility index (Phi) is 4.79. The van der Waals surface area contributed by atoms with Gasteiger partial charge in [-0.3, -0.25) is 14.9 Å². The molecule has 0 spiro atoms. The van der Waals surface area contributed by atoms with Gasteiger partial charge in [0.05, 0.1) is 27.9 Å². The van der Waals surface area contributed by atoms with Crippen molar-refractivity contribution in [2.24, 2.45) is 0 Å². The second kappa shape index (κ2) is 7.29. The molecule has 3 aromatic rings. The second-order valence-corrected chi connectivity index (χ2v) is 8.34. The van der Waals surface area contributed by atoms with E-state index in [1.54, 1.807) is 35.3 Å². The summed E-state index contributed by atoms with van der Waals surface area (Å²) in [4.78, 5) is 30.7. The number of hydrogen-bond donors (Lipinski definition) is 0. The minimum atomic E-state index is -0.602. The minimum absolute atomic E-state index is 0.0208. The molecule has 1 amide bonds. The summed E-state index contributed by atoms with van der Waals surface area (Å²) in [7, 11) is 0. The lowest BCUT2D eigenvalue weighted by molar-refractivity contribution is -0.384. The molecule has 0 aliphatic carbocycles. The molecule has 1 aliphatic heterocycles. The number of non-ortho nitro benzene ring substituents is 1. The summed E-state index contributed by atoms with van der Waals surface area (Å²) in [6.45, 7) is 6.01. The monoisotopic (exact) mass is 409 g/mol. The van der Waals surface area contributed by atoms with Gasteiger partial charge < -0.3 is 9.64 Å². The van der Waals surface area contributed by atoms with Gasteiger partial charge in [0.25, 0.3) is 11.6 Å². The Balaban J connectivity index is 1.72. The molecule has 0 fully saturated rings. The van der Waals surface area contributed by atoms with E-state index in [0.717, 1.165) is 26.7 Å². The number of fused-ring (bicyclic) bond motifs is 1. The van der Waals surface area contributed by atoms with E-state index in [4.69, 9.17) is 4.74 Å². The zero-order valence-electron chi connectivity index (χ0n) is 16.2. The van der Waals surface area contributed by atoms with Crippen LogP contribution in [0, 0.1) is 24.0 Å². The highest BCUT2D eigenvalue weighted by Gasteiger charge is 2.32. The number of aryl methyl sites for hydroxylation is 2. The lowest BCUT2D eigenvalue weighted by Gasteiger charge is -2.33. The Labute approximate surface area is 171 Å². The summed E-state index contributed by atoms with van der Waals surface area (Å²) < 4.78 is 5.79. The van der Waals surface area contributed by atoms with E-state index in [1.807, 2.05) is 32.0 Å². The molecule has 1 unspecified atom stereocenters. The van der Waals surface area contributed by atoms with Gasteiger partial charge in [0.1, 0.15) is 5.75 Å². The average molecular weight is 409 g/mol. The maximum absolute atomic E-state index is 12.9. The number of benzene rings is 2. The molecule has 1 aliphatic rings. The Morgan fingerprint density at radius 3 is 2.55 bits per heavy atom. The number of nitro benzene ring substituents is 1. The number of carbonyl (C=O) groups is 1. The first-order chi connectivity index (χ1) is 13.8. The van der Waals surface area contributed by atoms with E-state index < -0.39 is 11.0 Å². The van der Waals surface area contributed by atoms with Gasteiger partial charge in [0, 0.05) is 22.6 Å². The third-order valence-corrected chi connectivity index (χ3v) is 5.72. The summed E-state index contributed by atoms with van der Waals surface area (Å²) in [5.74, 6) is 0.478. The van der Waals surface area contributed by atoms with Crippen LogP contribution >= 0.6 is 11.3 Å². The van der Waals surface area contributed by atoms with E-state index >= 15 is 0 Å². The number of thiazole rings is 1. The van der Waals surface area contributed by atoms with E-state index in [9.17, 15) is 14.9 Å². The fourth-order valence-electron chi connectivity index (χ4n) is 3.42. The number of aromatic nitrogens is 1. The molecule has 0 radical (unpaired) electrons. The molecule has 1 atom stereocenters. The van der Waals surface area contributed by atoms with Crippen molar-refractivity contribution in [1.29, 1.82) is 0 Å². The third-order valence-electron chi connectivity index (χ3n) is 4.83. The predicted molar refractivity (Wildman–Crippen MR) is 111 cm³/mol. The third kappa shape index (κ3) is 3.58. The Bertz CT molecular complexity index is 1110. The summed E-state index contributed by atoms with van der Waals surface area (Å²) >= 11 is 1.63. The largest absolute Gasteiger partial charge is 0.479 e. The van der Waals surface area contributed by atoms with Crippen molar-refractivity contribution in [3.05, 3.63) is 68.0 Å². The van der Waals surface area contributed by atoms with Crippen LogP contribution in [0.25, 0.3) is 11.3 Å². The molecule has 148 valence electrons. The second-order valence-electron chi connectivity index (χ2n) is 6.93. The fraction of sp³-hybridized carbons (Fsp3) is 0.238. The van der Waals surface area contributed by atoms with Crippen LogP contribution in [-0.2, 0) is 11.3 Å². The maximum Gasteiger partial charge on any atom is 0.269 e. The number of nitro groups is 1. The van der Waals surface area contributed by atoms with Gasteiger partial charge in [-0.15, -0.1) is 11.3 Å². The molecule has 4 rings (SSSR count). The lowest BCUT2D eigenvalue weighted by Crippen LogP contribution is -2.44. The highest BCUT2D eigenvalue weighted by atomic mass is 32.1. The van der Waals surface area contributed by atoms with Crippen molar-refractivity contribution in [1.82, 2.24) is 4.98 Å². The van der Waals surface area contributed by atoms with Crippen molar-refractivity contribution < 1.29 is 14.5 Å². The quantitative estimate of drug-likeness (QED) is 0.462. The van der Waals surface area contributed by atoms with Crippen LogP contribution in [-0.4, -0.2) is 21.9 Å². The van der Waals surface area contributed by atoms with Crippen LogP contribution in [0.1, 0.15) is 22.4 Å². The molecular formula is C21H19N3O4S. The molecule has 2 heterocycles. The van der Waals surface area contributed by atoms with Crippen LogP contribution < -0.4 is 9.64 Å². The molecular weight excluding hydrogens is 390 g/mol. The molecule has 0 saturated heterocycles. The van der Waals surface area contributed by atoms with E-state index in [1.165, 1.54) is 12.1 Å². The van der Waals surface area contributed by atoms with Crippen LogP contribution in [0.15, 0.2) is 42.5 Å². The van der Waals surface area contributed by atoms with Crippen molar-refractivity contribution in [3.8, 4) is 17.0 Å². The van der Waals surface area contributed by atoms with Crippen LogP contribution in [0.2, 0.25) is 0 Å². The standard InChI is InChI=1S/C21H19N3O4S/c1-12-21(25)23(11-15-4-7-17(8-5-15)24(26)27)18-10-16(6-9-19(18)28-12)20-13(2)29-14(3)22-20/h4-10,12H,11H2,1-3H3. The Morgan fingerprint density at radius 2 is 1.93 bits per heavy atom. The highest BCUT2D eigenvalue weighted by molar-refractivity contribution is 7.11. The molecule has 8 heteroatoms. The molecule has 1 aromatic heterocycles. The zero-order chi connectivity index (χ0) is 20.7. The Morgan fingerprint density at radius 1 is 1.21 bits per heavy atom. The van der Waals surface area contributed by atoms with Crippen LogP contribution in [0.4, 0.5) is 11.4 Å². The van der Waals surface area contributed by atoms with Gasteiger partial charge in [-0.25, -0.2) is 4.98 Å². The topological polar surface area (TPSA) is 85.6 Å². The van der Waals surface area contributed by atoms with Gasteiger partial charge >= 0.3 is 0 Å². The molecule has 0 N–H and O–H groups in total. The molecule has 0 bridgehead atoms. The fourth-order valence-corrected chi connectivity index (χ4v) is 4.26. The van der Waals surface area contributed by atoms with Gasteiger partial charge in [-0.2, -0.15) is 0 Å². The highest BCUT2D eigenvalue weighted by Crippen LogP contribution is 2.39. The number of hydrogen-bond acceptors (Lipinski definition) is 6.